The summed E-state index contributed by atoms with van der Waals surface area (Å²) in [4.78, 5) is 15.4. The van der Waals surface area contributed by atoms with E-state index in [9.17, 15) is 18.0 Å². The van der Waals surface area contributed by atoms with E-state index < -0.39 is 17.7 Å². The van der Waals surface area contributed by atoms with E-state index in [-0.39, 0.29) is 17.1 Å². The summed E-state index contributed by atoms with van der Waals surface area (Å²) in [5.41, 5.74) is -0.129. The van der Waals surface area contributed by atoms with Crippen molar-refractivity contribution in [3.05, 3.63) is 47.7 Å². The fourth-order valence-corrected chi connectivity index (χ4v) is 1.90. The average Bonchev–Trinajstić information content (AvgIpc) is 2.52. The van der Waals surface area contributed by atoms with Crippen molar-refractivity contribution in [3.8, 4) is 17.0 Å². The maximum atomic E-state index is 12.8. The number of methoxy groups -OCH3 is 2. The van der Waals surface area contributed by atoms with Gasteiger partial charge in [-0.15, -0.1) is 0 Å². The van der Waals surface area contributed by atoms with Crippen molar-refractivity contribution in [3.63, 3.8) is 0 Å². The summed E-state index contributed by atoms with van der Waals surface area (Å²) in [5, 5.41) is 0. The van der Waals surface area contributed by atoms with Crippen LogP contribution in [0.1, 0.15) is 16.1 Å². The standard InChI is InChI=1S/C15H12F3NO3/c1-21-13-11(6-7-12(19-13)14(20)22-2)9-4-3-5-10(8-9)15(16,17)18/h3-8H,1-2H3. The molecule has 0 spiro atoms. The van der Waals surface area contributed by atoms with Gasteiger partial charge in [0.1, 0.15) is 0 Å². The molecular weight excluding hydrogens is 299 g/mol. The molecule has 7 heteroatoms. The quantitative estimate of drug-likeness (QED) is 0.813. The molecule has 116 valence electrons. The van der Waals surface area contributed by atoms with Gasteiger partial charge in [-0.1, -0.05) is 12.1 Å². The van der Waals surface area contributed by atoms with E-state index in [4.69, 9.17) is 4.74 Å². The summed E-state index contributed by atoms with van der Waals surface area (Å²) < 4.78 is 47.9. The zero-order valence-corrected chi connectivity index (χ0v) is 11.8. The second-order valence-corrected chi connectivity index (χ2v) is 4.32. The summed E-state index contributed by atoms with van der Waals surface area (Å²) in [5.74, 6) is -0.615. The van der Waals surface area contributed by atoms with E-state index in [1.165, 1.54) is 38.5 Å². The zero-order valence-electron chi connectivity index (χ0n) is 11.8. The summed E-state index contributed by atoms with van der Waals surface area (Å²) in [7, 11) is 2.53. The number of carbonyl (C=O) groups is 1. The van der Waals surface area contributed by atoms with E-state index in [1.807, 2.05) is 0 Å². The van der Waals surface area contributed by atoms with Crippen molar-refractivity contribution in [1.29, 1.82) is 0 Å². The smallest absolute Gasteiger partial charge is 0.416 e. The van der Waals surface area contributed by atoms with Crippen LogP contribution in [0.15, 0.2) is 36.4 Å². The summed E-state index contributed by atoms with van der Waals surface area (Å²) >= 11 is 0. The van der Waals surface area contributed by atoms with Gasteiger partial charge in [0.15, 0.2) is 5.69 Å². The third-order valence-electron chi connectivity index (χ3n) is 2.95. The van der Waals surface area contributed by atoms with E-state index in [0.717, 1.165) is 12.1 Å². The largest absolute Gasteiger partial charge is 0.481 e. The fourth-order valence-electron chi connectivity index (χ4n) is 1.90. The highest BCUT2D eigenvalue weighted by molar-refractivity contribution is 5.88. The molecule has 0 aliphatic carbocycles. The summed E-state index contributed by atoms with van der Waals surface area (Å²) in [6.07, 6.45) is -4.44. The number of carbonyl (C=O) groups excluding carboxylic acids is 1. The van der Waals surface area contributed by atoms with Crippen LogP contribution >= 0.6 is 0 Å². The van der Waals surface area contributed by atoms with Gasteiger partial charge in [0.05, 0.1) is 19.8 Å². The highest BCUT2D eigenvalue weighted by Gasteiger charge is 2.30. The molecule has 0 N–H and O–H groups in total. The van der Waals surface area contributed by atoms with Gasteiger partial charge in [-0.3, -0.25) is 0 Å². The molecule has 0 amide bonds. The molecule has 0 fully saturated rings. The monoisotopic (exact) mass is 311 g/mol. The molecule has 0 aliphatic heterocycles. The molecule has 0 radical (unpaired) electrons. The molecule has 1 aromatic carbocycles. The SMILES string of the molecule is COC(=O)c1ccc(-c2cccc(C(F)(F)F)c2)c(OC)n1. The Balaban J connectivity index is 2.51. The second-order valence-electron chi connectivity index (χ2n) is 4.32. The Labute approximate surface area is 124 Å². The van der Waals surface area contributed by atoms with Crippen molar-refractivity contribution in [2.45, 2.75) is 6.18 Å². The molecule has 2 aromatic rings. The van der Waals surface area contributed by atoms with Crippen LogP contribution in [-0.2, 0) is 10.9 Å². The highest BCUT2D eigenvalue weighted by Crippen LogP contribution is 2.34. The zero-order chi connectivity index (χ0) is 16.3. The lowest BCUT2D eigenvalue weighted by Crippen LogP contribution is -2.06. The van der Waals surface area contributed by atoms with E-state index in [0.29, 0.717) is 5.56 Å². The van der Waals surface area contributed by atoms with E-state index in [1.54, 1.807) is 0 Å². The molecule has 1 aromatic heterocycles. The van der Waals surface area contributed by atoms with Gasteiger partial charge < -0.3 is 9.47 Å². The van der Waals surface area contributed by atoms with Crippen LogP contribution in [0.5, 0.6) is 5.88 Å². The van der Waals surface area contributed by atoms with Crippen LogP contribution in [0.4, 0.5) is 13.2 Å². The Kier molecular flexibility index (Phi) is 4.35. The van der Waals surface area contributed by atoms with Crippen LogP contribution in [0.25, 0.3) is 11.1 Å². The Bertz CT molecular complexity index is 699. The minimum Gasteiger partial charge on any atom is -0.481 e. The molecular formula is C15H12F3NO3. The number of nitrogens with zero attached hydrogens (tertiary/aromatic N) is 1. The van der Waals surface area contributed by atoms with Gasteiger partial charge in [-0.05, 0) is 29.8 Å². The topological polar surface area (TPSA) is 48.4 Å². The number of halogens is 3. The van der Waals surface area contributed by atoms with E-state index in [2.05, 4.69) is 9.72 Å². The van der Waals surface area contributed by atoms with E-state index >= 15 is 0 Å². The molecule has 0 saturated heterocycles. The van der Waals surface area contributed by atoms with Crippen LogP contribution in [-0.4, -0.2) is 25.2 Å². The number of benzene rings is 1. The van der Waals surface area contributed by atoms with Crippen molar-refractivity contribution in [2.75, 3.05) is 14.2 Å². The number of hydrogen-bond donors (Lipinski definition) is 0. The van der Waals surface area contributed by atoms with Crippen molar-refractivity contribution < 1.29 is 27.4 Å². The molecule has 0 unspecified atom stereocenters. The van der Waals surface area contributed by atoms with Crippen LogP contribution in [0, 0.1) is 0 Å². The first-order chi connectivity index (χ1) is 10.4. The van der Waals surface area contributed by atoms with Gasteiger partial charge in [0.25, 0.3) is 0 Å². The lowest BCUT2D eigenvalue weighted by atomic mass is 10.0. The Hall–Kier alpha value is -2.57. The second kappa shape index (κ2) is 6.05. The van der Waals surface area contributed by atoms with Crippen LogP contribution < -0.4 is 4.74 Å². The lowest BCUT2D eigenvalue weighted by molar-refractivity contribution is -0.137. The fraction of sp³-hybridized carbons (Fsp3) is 0.200. The third kappa shape index (κ3) is 3.19. The van der Waals surface area contributed by atoms with Gasteiger partial charge in [0.2, 0.25) is 5.88 Å². The number of esters is 1. The minimum absolute atomic E-state index is 0.00933. The number of alkyl halides is 3. The molecule has 0 aliphatic rings. The van der Waals surface area contributed by atoms with Gasteiger partial charge in [-0.2, -0.15) is 13.2 Å². The number of hydrogen-bond acceptors (Lipinski definition) is 4. The molecule has 0 atom stereocenters. The van der Waals surface area contributed by atoms with Gasteiger partial charge in [0, 0.05) is 5.56 Å². The maximum absolute atomic E-state index is 12.8. The van der Waals surface area contributed by atoms with Crippen molar-refractivity contribution in [2.24, 2.45) is 0 Å². The normalized spacial score (nSPS) is 11.1. The molecule has 4 nitrogen and oxygen atoms in total. The number of rotatable bonds is 3. The predicted molar refractivity (Wildman–Crippen MR) is 72.6 cm³/mol. The molecule has 1 heterocycles. The summed E-state index contributed by atoms with van der Waals surface area (Å²) in [6, 6.07) is 7.61. The molecule has 0 saturated carbocycles. The number of ether oxygens (including phenoxy) is 2. The third-order valence-corrected chi connectivity index (χ3v) is 2.95. The number of pyridine rings is 1. The minimum atomic E-state index is -4.44. The van der Waals surface area contributed by atoms with Crippen LogP contribution in [0.2, 0.25) is 0 Å². The van der Waals surface area contributed by atoms with Crippen molar-refractivity contribution in [1.82, 2.24) is 4.98 Å². The first kappa shape index (κ1) is 15.8. The molecule has 0 bridgehead atoms. The first-order valence-corrected chi connectivity index (χ1v) is 6.18. The molecule has 22 heavy (non-hydrogen) atoms. The number of aromatic nitrogens is 1. The summed E-state index contributed by atoms with van der Waals surface area (Å²) in [6.45, 7) is 0. The molecule has 2 rings (SSSR count). The Morgan fingerprint density at radius 2 is 1.86 bits per heavy atom. The van der Waals surface area contributed by atoms with Gasteiger partial charge >= 0.3 is 12.1 Å². The Morgan fingerprint density at radius 3 is 2.45 bits per heavy atom. The first-order valence-electron chi connectivity index (χ1n) is 6.18. The highest BCUT2D eigenvalue weighted by atomic mass is 19.4. The predicted octanol–water partition coefficient (Wildman–Crippen LogP) is 3.56. The van der Waals surface area contributed by atoms with Gasteiger partial charge in [-0.25, -0.2) is 9.78 Å². The maximum Gasteiger partial charge on any atom is 0.416 e. The average molecular weight is 311 g/mol. The lowest BCUT2D eigenvalue weighted by Gasteiger charge is -2.11. The van der Waals surface area contributed by atoms with Crippen LogP contribution in [0.3, 0.4) is 0 Å². The van der Waals surface area contributed by atoms with Crippen molar-refractivity contribution >= 4 is 5.97 Å². The Morgan fingerprint density at radius 1 is 1.14 bits per heavy atom.